The molecular weight excluding hydrogens is 1280 g/mol. The van der Waals surface area contributed by atoms with Crippen molar-refractivity contribution in [1.82, 2.24) is 9.80 Å². The van der Waals surface area contributed by atoms with E-state index >= 15 is 0 Å². The second kappa shape index (κ2) is 32.8. The molecule has 9 aromatic carbocycles. The second-order valence-electron chi connectivity index (χ2n) is 34.9. The Bertz CT molecular complexity index is 4130. The van der Waals surface area contributed by atoms with Crippen molar-refractivity contribution < 1.29 is 0 Å². The molecule has 9 aromatic rings. The average Bonchev–Trinajstić information content (AvgIpc) is 1.54. The first-order chi connectivity index (χ1) is 51.3. The largest absolute Gasteiger partial charge is 0.310 e. The fourth-order valence-electron chi connectivity index (χ4n) is 20.3. The second-order valence-corrected chi connectivity index (χ2v) is 34.9. The Labute approximate surface area is 642 Å². The molecule has 2 heterocycles. The average molecular weight is 1410 g/mol. The van der Waals surface area contributed by atoms with Crippen molar-refractivity contribution in [1.29, 1.82) is 0 Å². The van der Waals surface area contributed by atoms with Crippen LogP contribution in [-0.4, -0.2) is 23.9 Å². The van der Waals surface area contributed by atoms with E-state index < -0.39 is 0 Å². The summed E-state index contributed by atoms with van der Waals surface area (Å²) in [7, 11) is 4.61. The van der Waals surface area contributed by atoms with Gasteiger partial charge >= 0.3 is 0 Å². The fourth-order valence-corrected chi connectivity index (χ4v) is 20.3. The number of fused-ring (bicyclic) bond motifs is 8. The highest BCUT2D eigenvalue weighted by molar-refractivity contribution is 5.96. The molecule has 0 unspecified atom stereocenters. The molecule has 0 N–H and O–H groups in total. The first-order valence-corrected chi connectivity index (χ1v) is 42.5. The molecule has 0 bridgehead atoms. The molecule has 0 fully saturated rings. The van der Waals surface area contributed by atoms with Crippen LogP contribution < -0.4 is 9.80 Å². The van der Waals surface area contributed by atoms with Gasteiger partial charge in [0.15, 0.2) is 0 Å². The van der Waals surface area contributed by atoms with Gasteiger partial charge in [0.05, 0.1) is 11.4 Å². The van der Waals surface area contributed by atoms with Crippen LogP contribution in [0.2, 0.25) is 0 Å². The highest BCUT2D eigenvalue weighted by atomic mass is 15.3. The molecule has 106 heavy (non-hydrogen) atoms. The summed E-state index contributed by atoms with van der Waals surface area (Å²) < 4.78 is 0. The molecule has 0 radical (unpaired) electrons. The predicted molar refractivity (Wildman–Crippen MR) is 459 cm³/mol. The lowest BCUT2D eigenvalue weighted by molar-refractivity contribution is 0.0729. The summed E-state index contributed by atoms with van der Waals surface area (Å²) in [5.41, 5.74) is 29.6. The van der Waals surface area contributed by atoms with Crippen LogP contribution in [0.15, 0.2) is 194 Å². The van der Waals surface area contributed by atoms with Gasteiger partial charge < -0.3 is 9.80 Å². The van der Waals surface area contributed by atoms with Crippen LogP contribution in [0.25, 0.3) is 44.5 Å². The summed E-state index contributed by atoms with van der Waals surface area (Å²) in [5.74, 6) is 0. The van der Waals surface area contributed by atoms with Gasteiger partial charge in [0.1, 0.15) is 0 Å². The van der Waals surface area contributed by atoms with Crippen LogP contribution in [0, 0.1) is 0 Å². The van der Waals surface area contributed by atoms with Gasteiger partial charge in [-0.2, -0.15) is 0 Å². The summed E-state index contributed by atoms with van der Waals surface area (Å²) in [4.78, 5) is 10.4. The number of anilines is 6. The van der Waals surface area contributed by atoms with Crippen LogP contribution in [0.1, 0.15) is 307 Å². The molecule has 4 aliphatic rings. The van der Waals surface area contributed by atoms with Crippen molar-refractivity contribution in [3.8, 4) is 44.5 Å². The molecule has 558 valence electrons. The van der Waals surface area contributed by atoms with E-state index in [1.807, 2.05) is 0 Å². The number of para-hydroxylation sites is 4. The van der Waals surface area contributed by atoms with E-state index in [0.717, 1.165) is 25.7 Å². The Hall–Kier alpha value is -7.50. The smallest absolute Gasteiger partial charge is 0.0540 e. The topological polar surface area (TPSA) is 13.0 Å². The molecule has 0 aromatic heterocycles. The van der Waals surface area contributed by atoms with Crippen molar-refractivity contribution in [2.45, 2.75) is 296 Å². The predicted octanol–water partition coefficient (Wildman–Crippen LogP) is 30.3. The number of rotatable bonds is 36. The molecule has 4 heteroatoms. The lowest BCUT2D eigenvalue weighted by atomic mass is 9.68. The van der Waals surface area contributed by atoms with Gasteiger partial charge in [-0.05, 0) is 258 Å². The van der Waals surface area contributed by atoms with Crippen molar-refractivity contribution in [3.63, 3.8) is 0 Å². The minimum absolute atomic E-state index is 0.0709. The van der Waals surface area contributed by atoms with Crippen molar-refractivity contribution >= 4 is 34.1 Å². The zero-order valence-corrected chi connectivity index (χ0v) is 68.1. The van der Waals surface area contributed by atoms with E-state index in [0.29, 0.717) is 0 Å². The molecule has 0 saturated carbocycles. The Morgan fingerprint density at radius 1 is 0.236 bits per heavy atom. The normalized spacial score (nSPS) is 16.5. The van der Waals surface area contributed by atoms with Crippen molar-refractivity contribution in [2.24, 2.45) is 0 Å². The highest BCUT2D eigenvalue weighted by Gasteiger charge is 2.51. The quantitative estimate of drug-likeness (QED) is 0.0363. The summed E-state index contributed by atoms with van der Waals surface area (Å²) in [6.07, 6.45) is 35.4. The van der Waals surface area contributed by atoms with Crippen LogP contribution in [0.3, 0.4) is 0 Å². The molecule has 0 spiro atoms. The lowest BCUT2D eigenvalue weighted by Gasteiger charge is -2.37. The molecule has 0 saturated heterocycles. The van der Waals surface area contributed by atoms with Gasteiger partial charge in [-0.1, -0.05) is 291 Å². The third-order valence-electron chi connectivity index (χ3n) is 27.1. The number of hydrogen-bond donors (Lipinski definition) is 0. The number of nitrogens with zero attached hydrogens (tertiary/aromatic N) is 4. The zero-order valence-electron chi connectivity index (χ0n) is 68.1. The first-order valence-electron chi connectivity index (χ1n) is 42.5. The number of benzene rings is 9. The van der Waals surface area contributed by atoms with Gasteiger partial charge in [-0.3, -0.25) is 9.80 Å². The summed E-state index contributed by atoms with van der Waals surface area (Å²) in [5, 5.41) is 0. The standard InChI is InChI=1S/C102H130N4/c1-15-19-23-27-31-45-65-101(66-46-32-28-24-20-16-2)89-71-79(105(77-49-37-35-38-50-77)95-55-43-41-53-81(95)75-57-63-87-93(69-75)99(9,10)103(13)97(87,5)6)59-61-83(89)85-74-92-86(73-91(85)101)84-62-60-80(72-90(84)102(92,67-47-33-29-25-21-17-3)68-48-34-30-26-22-18-4)106(78-51-39-36-40-52-78)96-56-44-42-54-82(96)76-58-64-88-94(70-76)100(11,12)104(14)98(88,7)8/h35-44,49-64,69-74H,15-34,45-48,65-68H2,1-14H3. The molecule has 13 rings (SSSR count). The van der Waals surface area contributed by atoms with E-state index in [1.165, 1.54) is 255 Å². The third kappa shape index (κ3) is 14.5. The van der Waals surface area contributed by atoms with Gasteiger partial charge in [0.25, 0.3) is 0 Å². The first kappa shape index (κ1) is 76.7. The lowest BCUT2D eigenvalue weighted by Crippen LogP contribution is -2.42. The minimum atomic E-state index is -0.173. The monoisotopic (exact) mass is 1410 g/mol. The van der Waals surface area contributed by atoms with E-state index in [9.17, 15) is 0 Å². The Balaban J connectivity index is 1.01. The molecular formula is C102H130N4. The van der Waals surface area contributed by atoms with Crippen molar-refractivity contribution in [2.75, 3.05) is 23.9 Å². The Morgan fingerprint density at radius 3 is 0.868 bits per heavy atom. The maximum Gasteiger partial charge on any atom is 0.0540 e. The van der Waals surface area contributed by atoms with Gasteiger partial charge in [-0.15, -0.1) is 0 Å². The molecule has 2 aliphatic carbocycles. The summed E-state index contributed by atoms with van der Waals surface area (Å²) in [6, 6.07) is 77.6. The number of hydrogen-bond acceptors (Lipinski definition) is 4. The Morgan fingerprint density at radius 2 is 0.528 bits per heavy atom. The van der Waals surface area contributed by atoms with Gasteiger partial charge in [0.2, 0.25) is 0 Å². The maximum absolute atomic E-state index is 2.87. The zero-order chi connectivity index (χ0) is 74.4. The minimum Gasteiger partial charge on any atom is -0.310 e. The van der Waals surface area contributed by atoms with E-state index in [4.69, 9.17) is 0 Å². The van der Waals surface area contributed by atoms with Crippen molar-refractivity contribution in [3.05, 3.63) is 239 Å². The van der Waals surface area contributed by atoms with Gasteiger partial charge in [0, 0.05) is 66.9 Å². The van der Waals surface area contributed by atoms with Crippen LogP contribution in [-0.2, 0) is 33.0 Å². The van der Waals surface area contributed by atoms with Crippen LogP contribution in [0.4, 0.5) is 34.1 Å². The fraction of sp³-hybridized carbons (Fsp3) is 0.471. The third-order valence-corrected chi connectivity index (χ3v) is 27.1. The highest BCUT2D eigenvalue weighted by Crippen LogP contribution is 2.63. The van der Waals surface area contributed by atoms with E-state index in [1.54, 1.807) is 22.3 Å². The molecule has 2 aliphatic heterocycles. The maximum atomic E-state index is 2.87. The molecule has 0 amide bonds. The summed E-state index contributed by atoms with van der Waals surface area (Å²) >= 11 is 0. The molecule has 0 atom stereocenters. The van der Waals surface area contributed by atoms with Crippen LogP contribution >= 0.6 is 0 Å². The van der Waals surface area contributed by atoms with Crippen LogP contribution in [0.5, 0.6) is 0 Å². The summed E-state index contributed by atoms with van der Waals surface area (Å²) in [6.45, 7) is 28.6. The SMILES string of the molecule is CCCCCCCCC1(CCCCCCCC)c2cc(N(c3ccccc3)c3ccccc3-c3ccc4c(c3)C(C)(C)N(C)C4(C)C)ccc2-c2cc3c(cc21)-c1ccc(N(c2ccccc2)c2ccccc2-c2ccc4c(c2)C(C)(C)N(C)C4(C)C)cc1C3(CCCCCCCC)CCCCCCCC. The Kier molecular flexibility index (Phi) is 23.7. The molecule has 4 nitrogen and oxygen atoms in total. The van der Waals surface area contributed by atoms with E-state index in [-0.39, 0.29) is 33.0 Å². The van der Waals surface area contributed by atoms with E-state index in [2.05, 4.69) is 311 Å². The van der Waals surface area contributed by atoms with Gasteiger partial charge in [-0.25, -0.2) is 0 Å². The number of unbranched alkanes of at least 4 members (excludes halogenated alkanes) is 20.